The molecule has 0 heterocycles. The summed E-state index contributed by atoms with van der Waals surface area (Å²) in [7, 11) is -2.71. The van der Waals surface area contributed by atoms with Gasteiger partial charge in [0.2, 0.25) is 21.8 Å². The Morgan fingerprint density at radius 2 is 1.78 bits per heavy atom. The molecular formula is C17H25N3O6S. The van der Waals surface area contributed by atoms with Crippen LogP contribution in [0.4, 0.5) is 5.69 Å². The van der Waals surface area contributed by atoms with Gasteiger partial charge in [-0.2, -0.15) is 4.31 Å². The van der Waals surface area contributed by atoms with Crippen LogP contribution >= 0.6 is 0 Å². The van der Waals surface area contributed by atoms with Crippen LogP contribution in [0.5, 0.6) is 0 Å². The van der Waals surface area contributed by atoms with Crippen LogP contribution in [0.3, 0.4) is 0 Å². The molecule has 0 bridgehead atoms. The van der Waals surface area contributed by atoms with Gasteiger partial charge in [-0.15, -0.1) is 0 Å². The van der Waals surface area contributed by atoms with Gasteiger partial charge in [0.1, 0.15) is 6.04 Å². The van der Waals surface area contributed by atoms with Crippen molar-refractivity contribution in [3.05, 3.63) is 24.3 Å². The van der Waals surface area contributed by atoms with E-state index in [0.717, 1.165) is 10.7 Å². The third-order valence-electron chi connectivity index (χ3n) is 3.73. The van der Waals surface area contributed by atoms with E-state index in [1.54, 1.807) is 0 Å². The van der Waals surface area contributed by atoms with Gasteiger partial charge in [0.05, 0.1) is 11.4 Å². The van der Waals surface area contributed by atoms with Gasteiger partial charge >= 0.3 is 5.97 Å². The number of aliphatic carboxylic acids is 1. The van der Waals surface area contributed by atoms with Crippen molar-refractivity contribution in [2.75, 3.05) is 18.9 Å². The standard InChI is InChI=1S/C17H25N3O6S/c1-4-5-6-15(17(23)24)19-16(22)11-20(3)27(25,26)14-9-7-13(8-10-14)18-12(2)21/h7-10,15H,4-6,11H2,1-3H3,(H,18,21)(H,19,22)(H,23,24)/t15-/m0/s1. The fraction of sp³-hybridized carbons (Fsp3) is 0.471. The largest absolute Gasteiger partial charge is 0.480 e. The second-order valence-corrected chi connectivity index (χ2v) is 8.11. The quantitative estimate of drug-likeness (QED) is 0.538. The summed E-state index contributed by atoms with van der Waals surface area (Å²) in [5.41, 5.74) is 0.446. The van der Waals surface area contributed by atoms with Crippen LogP contribution in [0, 0.1) is 0 Å². The van der Waals surface area contributed by atoms with Gasteiger partial charge < -0.3 is 15.7 Å². The van der Waals surface area contributed by atoms with Gasteiger partial charge in [-0.3, -0.25) is 9.59 Å². The van der Waals surface area contributed by atoms with E-state index in [4.69, 9.17) is 5.11 Å². The van der Waals surface area contributed by atoms with Crippen molar-refractivity contribution in [2.45, 2.75) is 44.0 Å². The fourth-order valence-electron chi connectivity index (χ4n) is 2.29. The predicted molar refractivity (Wildman–Crippen MR) is 99.7 cm³/mol. The number of anilines is 1. The van der Waals surface area contributed by atoms with Crippen molar-refractivity contribution in [2.24, 2.45) is 0 Å². The number of rotatable bonds is 10. The zero-order valence-electron chi connectivity index (χ0n) is 15.6. The lowest BCUT2D eigenvalue weighted by molar-refractivity contribution is -0.142. The molecule has 0 radical (unpaired) electrons. The normalized spacial score (nSPS) is 12.4. The summed E-state index contributed by atoms with van der Waals surface area (Å²) in [6.07, 6.45) is 1.69. The average molecular weight is 399 g/mol. The molecular weight excluding hydrogens is 374 g/mol. The molecule has 0 spiro atoms. The summed E-state index contributed by atoms with van der Waals surface area (Å²) in [6.45, 7) is 2.73. The van der Waals surface area contributed by atoms with E-state index in [0.29, 0.717) is 12.1 Å². The topological polar surface area (TPSA) is 133 Å². The maximum absolute atomic E-state index is 12.5. The Balaban J connectivity index is 2.78. The molecule has 9 nitrogen and oxygen atoms in total. The molecule has 2 amide bonds. The molecule has 1 rings (SSSR count). The summed E-state index contributed by atoms with van der Waals surface area (Å²) in [6, 6.07) is 4.46. The van der Waals surface area contributed by atoms with Gasteiger partial charge in [0, 0.05) is 19.7 Å². The minimum Gasteiger partial charge on any atom is -0.480 e. The SMILES string of the molecule is CCCC[C@H](NC(=O)CN(C)S(=O)(=O)c1ccc(NC(C)=O)cc1)C(=O)O. The number of likely N-dealkylation sites (N-methyl/N-ethyl adjacent to an activating group) is 1. The molecule has 1 aromatic carbocycles. The molecule has 0 unspecified atom stereocenters. The minimum absolute atomic E-state index is 0.0485. The maximum atomic E-state index is 12.5. The number of carbonyl (C=O) groups is 3. The van der Waals surface area contributed by atoms with Crippen molar-refractivity contribution in [3.63, 3.8) is 0 Å². The molecule has 0 saturated carbocycles. The Kier molecular flexibility index (Phi) is 8.38. The number of carbonyl (C=O) groups excluding carboxylic acids is 2. The highest BCUT2D eigenvalue weighted by molar-refractivity contribution is 7.89. The second kappa shape index (κ2) is 10.0. The van der Waals surface area contributed by atoms with Crippen molar-refractivity contribution < 1.29 is 27.9 Å². The lowest BCUT2D eigenvalue weighted by Gasteiger charge is -2.19. The molecule has 0 aliphatic carbocycles. The number of hydrogen-bond acceptors (Lipinski definition) is 5. The lowest BCUT2D eigenvalue weighted by atomic mass is 10.1. The highest BCUT2D eigenvalue weighted by Gasteiger charge is 2.25. The molecule has 0 aromatic heterocycles. The van der Waals surface area contributed by atoms with E-state index in [9.17, 15) is 22.8 Å². The molecule has 1 aromatic rings. The van der Waals surface area contributed by atoms with Gasteiger partial charge in [-0.05, 0) is 30.7 Å². The Morgan fingerprint density at radius 1 is 1.19 bits per heavy atom. The van der Waals surface area contributed by atoms with Crippen molar-refractivity contribution in [1.82, 2.24) is 9.62 Å². The van der Waals surface area contributed by atoms with E-state index in [2.05, 4.69) is 10.6 Å². The zero-order valence-corrected chi connectivity index (χ0v) is 16.4. The van der Waals surface area contributed by atoms with Crippen LogP contribution in [-0.2, 0) is 24.4 Å². The maximum Gasteiger partial charge on any atom is 0.326 e. The zero-order chi connectivity index (χ0) is 20.6. The molecule has 0 saturated heterocycles. The summed E-state index contributed by atoms with van der Waals surface area (Å²) < 4.78 is 25.9. The highest BCUT2D eigenvalue weighted by atomic mass is 32.2. The van der Waals surface area contributed by atoms with Crippen LogP contribution < -0.4 is 10.6 Å². The van der Waals surface area contributed by atoms with E-state index < -0.39 is 34.5 Å². The number of unbranched alkanes of at least 4 members (excludes halogenated alkanes) is 1. The van der Waals surface area contributed by atoms with E-state index in [1.807, 2.05) is 6.92 Å². The van der Waals surface area contributed by atoms with E-state index >= 15 is 0 Å². The highest BCUT2D eigenvalue weighted by Crippen LogP contribution is 2.17. The van der Waals surface area contributed by atoms with E-state index in [-0.39, 0.29) is 17.2 Å². The van der Waals surface area contributed by atoms with Crippen molar-refractivity contribution in [3.8, 4) is 0 Å². The van der Waals surface area contributed by atoms with E-state index in [1.165, 1.54) is 38.2 Å². The van der Waals surface area contributed by atoms with Gasteiger partial charge in [0.15, 0.2) is 0 Å². The van der Waals surface area contributed by atoms with Gasteiger partial charge in [0.25, 0.3) is 0 Å². The third-order valence-corrected chi connectivity index (χ3v) is 5.55. The van der Waals surface area contributed by atoms with Crippen LogP contribution in [0.2, 0.25) is 0 Å². The third kappa shape index (κ3) is 6.99. The lowest BCUT2D eigenvalue weighted by Crippen LogP contribution is -2.45. The second-order valence-electron chi connectivity index (χ2n) is 6.07. The number of hydrogen-bond donors (Lipinski definition) is 3. The van der Waals surface area contributed by atoms with Gasteiger partial charge in [-0.25, -0.2) is 13.2 Å². The first-order valence-corrected chi connectivity index (χ1v) is 9.88. The van der Waals surface area contributed by atoms with Crippen molar-refractivity contribution in [1.29, 1.82) is 0 Å². The summed E-state index contributed by atoms with van der Waals surface area (Å²) in [5, 5.41) is 14.0. The first-order chi connectivity index (χ1) is 12.6. The van der Waals surface area contributed by atoms with Crippen LogP contribution in [0.1, 0.15) is 33.1 Å². The number of benzene rings is 1. The molecule has 0 aliphatic rings. The first kappa shape index (κ1) is 22.6. The van der Waals surface area contributed by atoms with Gasteiger partial charge in [-0.1, -0.05) is 19.8 Å². The fourth-order valence-corrected chi connectivity index (χ4v) is 3.41. The molecule has 10 heteroatoms. The van der Waals surface area contributed by atoms with Crippen LogP contribution in [-0.4, -0.2) is 55.2 Å². The summed E-state index contributed by atoms with van der Waals surface area (Å²) >= 11 is 0. The van der Waals surface area contributed by atoms with Crippen LogP contribution in [0.25, 0.3) is 0 Å². The smallest absolute Gasteiger partial charge is 0.326 e. The summed E-state index contributed by atoms with van der Waals surface area (Å²) in [4.78, 5) is 34.2. The van der Waals surface area contributed by atoms with Crippen molar-refractivity contribution >= 4 is 33.5 Å². The Labute approximate surface area is 158 Å². The van der Waals surface area contributed by atoms with Crippen LogP contribution in [0.15, 0.2) is 29.2 Å². The predicted octanol–water partition coefficient (Wildman–Crippen LogP) is 1.03. The number of carboxylic acid groups (broad SMARTS) is 1. The number of nitrogens with zero attached hydrogens (tertiary/aromatic N) is 1. The Hall–Kier alpha value is -2.46. The average Bonchev–Trinajstić information content (AvgIpc) is 2.58. The monoisotopic (exact) mass is 399 g/mol. The molecule has 0 fully saturated rings. The number of carboxylic acids is 1. The first-order valence-electron chi connectivity index (χ1n) is 8.44. The summed E-state index contributed by atoms with van der Waals surface area (Å²) in [5.74, 6) is -2.13. The Bertz CT molecular complexity index is 776. The molecule has 3 N–H and O–H groups in total. The minimum atomic E-state index is -3.94. The Morgan fingerprint density at radius 3 is 2.26 bits per heavy atom. The molecule has 0 aliphatic heterocycles. The molecule has 1 atom stereocenters. The number of sulfonamides is 1. The number of nitrogens with one attached hydrogen (secondary N) is 2. The number of amides is 2. The molecule has 27 heavy (non-hydrogen) atoms. The molecule has 150 valence electrons.